The van der Waals surface area contributed by atoms with Gasteiger partial charge in [0.25, 0.3) is 0 Å². The number of aliphatic hydroxyl groups is 1. The highest BCUT2D eigenvalue weighted by Gasteiger charge is 2.10. The number of nitrogens with one attached hydrogen (secondary N) is 1. The summed E-state index contributed by atoms with van der Waals surface area (Å²) < 4.78 is 0.866. The molecule has 0 bridgehead atoms. The summed E-state index contributed by atoms with van der Waals surface area (Å²) in [6.07, 6.45) is 0. The molecule has 1 unspecified atom stereocenters. The van der Waals surface area contributed by atoms with Gasteiger partial charge in [-0.25, -0.2) is 0 Å². The highest BCUT2D eigenvalue weighted by Crippen LogP contribution is 2.22. The summed E-state index contributed by atoms with van der Waals surface area (Å²) in [6.45, 7) is -0.140. The number of hydrogen-bond donors (Lipinski definition) is 3. The van der Waals surface area contributed by atoms with E-state index >= 15 is 0 Å². The fourth-order valence-corrected chi connectivity index (χ4v) is 1.53. The third-order valence-electron chi connectivity index (χ3n) is 1.62. The molecule has 0 spiro atoms. The van der Waals surface area contributed by atoms with Crippen molar-refractivity contribution in [1.82, 2.24) is 5.48 Å². The van der Waals surface area contributed by atoms with Gasteiger partial charge in [-0.1, -0.05) is 34.1 Å². The van der Waals surface area contributed by atoms with Gasteiger partial charge in [0, 0.05) is 4.47 Å². The molecule has 0 saturated heterocycles. The molecule has 3 nitrogen and oxygen atoms in total. The lowest BCUT2D eigenvalue weighted by Crippen LogP contribution is -2.20. The molecule has 0 heterocycles. The van der Waals surface area contributed by atoms with Gasteiger partial charge in [-0.2, -0.15) is 5.48 Å². The van der Waals surface area contributed by atoms with Crippen LogP contribution in [0.2, 0.25) is 0 Å². The average molecular weight is 232 g/mol. The van der Waals surface area contributed by atoms with Gasteiger partial charge in [0.1, 0.15) is 0 Å². The summed E-state index contributed by atoms with van der Waals surface area (Å²) in [4.78, 5) is 0. The van der Waals surface area contributed by atoms with Crippen molar-refractivity contribution in [2.75, 3.05) is 6.61 Å². The molecular weight excluding hydrogens is 222 g/mol. The average Bonchev–Trinajstić information content (AvgIpc) is 2.10. The molecule has 1 atom stereocenters. The molecule has 1 aromatic carbocycles. The lowest BCUT2D eigenvalue weighted by atomic mass is 10.1. The zero-order valence-corrected chi connectivity index (χ0v) is 7.95. The van der Waals surface area contributed by atoms with Crippen LogP contribution in [-0.2, 0) is 0 Å². The van der Waals surface area contributed by atoms with Crippen LogP contribution in [0.4, 0.5) is 0 Å². The molecule has 0 aliphatic carbocycles. The smallest absolute Gasteiger partial charge is 0.0810 e. The maximum absolute atomic E-state index is 8.86. The molecule has 3 N–H and O–H groups in total. The van der Waals surface area contributed by atoms with Crippen LogP contribution in [0.5, 0.6) is 0 Å². The normalized spacial score (nSPS) is 12.9. The van der Waals surface area contributed by atoms with Gasteiger partial charge in [-0.15, -0.1) is 0 Å². The Morgan fingerprint density at radius 1 is 1.42 bits per heavy atom. The van der Waals surface area contributed by atoms with Gasteiger partial charge < -0.3 is 10.3 Å². The SMILES string of the molecule is OCC(NO)c1ccccc1Br. The third kappa shape index (κ3) is 2.04. The van der Waals surface area contributed by atoms with Gasteiger partial charge >= 0.3 is 0 Å². The van der Waals surface area contributed by atoms with Gasteiger partial charge in [-0.05, 0) is 11.6 Å². The number of benzene rings is 1. The Morgan fingerprint density at radius 3 is 2.58 bits per heavy atom. The molecule has 66 valence electrons. The minimum absolute atomic E-state index is 0.140. The van der Waals surface area contributed by atoms with E-state index in [1.807, 2.05) is 29.7 Å². The van der Waals surface area contributed by atoms with E-state index in [0.29, 0.717) is 0 Å². The van der Waals surface area contributed by atoms with E-state index in [4.69, 9.17) is 10.3 Å². The second kappa shape index (κ2) is 4.57. The highest BCUT2D eigenvalue weighted by atomic mass is 79.9. The molecule has 0 amide bonds. The Kier molecular flexibility index (Phi) is 3.68. The van der Waals surface area contributed by atoms with Crippen molar-refractivity contribution in [1.29, 1.82) is 0 Å². The van der Waals surface area contributed by atoms with Crippen LogP contribution in [0.1, 0.15) is 11.6 Å². The molecule has 1 aromatic rings. The quantitative estimate of drug-likeness (QED) is 0.691. The first kappa shape index (κ1) is 9.67. The Hall–Kier alpha value is -0.420. The molecule has 0 fully saturated rings. The van der Waals surface area contributed by atoms with E-state index in [9.17, 15) is 0 Å². The molecule has 4 heteroatoms. The predicted molar refractivity (Wildman–Crippen MR) is 48.9 cm³/mol. The van der Waals surface area contributed by atoms with Crippen LogP contribution in [-0.4, -0.2) is 16.9 Å². The molecule has 0 saturated carbocycles. The van der Waals surface area contributed by atoms with Crippen molar-refractivity contribution in [3.05, 3.63) is 34.3 Å². The number of hydroxylamine groups is 1. The Morgan fingerprint density at radius 2 is 2.08 bits per heavy atom. The van der Waals surface area contributed by atoms with E-state index < -0.39 is 6.04 Å². The van der Waals surface area contributed by atoms with Crippen LogP contribution in [0.3, 0.4) is 0 Å². The van der Waals surface area contributed by atoms with Crippen molar-refractivity contribution >= 4 is 15.9 Å². The largest absolute Gasteiger partial charge is 0.394 e. The lowest BCUT2D eigenvalue weighted by molar-refractivity contribution is 0.0903. The van der Waals surface area contributed by atoms with Crippen molar-refractivity contribution in [3.8, 4) is 0 Å². The van der Waals surface area contributed by atoms with Gasteiger partial charge in [0.05, 0.1) is 12.6 Å². The van der Waals surface area contributed by atoms with Crippen LogP contribution in [0.15, 0.2) is 28.7 Å². The summed E-state index contributed by atoms with van der Waals surface area (Å²) in [7, 11) is 0. The zero-order valence-electron chi connectivity index (χ0n) is 6.37. The van der Waals surface area contributed by atoms with Gasteiger partial charge in [0.15, 0.2) is 0 Å². The van der Waals surface area contributed by atoms with Crippen LogP contribution in [0.25, 0.3) is 0 Å². The highest BCUT2D eigenvalue weighted by molar-refractivity contribution is 9.10. The summed E-state index contributed by atoms with van der Waals surface area (Å²) in [5, 5.41) is 17.5. The lowest BCUT2D eigenvalue weighted by Gasteiger charge is -2.13. The molecule has 0 radical (unpaired) electrons. The molecule has 0 aliphatic rings. The number of rotatable bonds is 3. The number of halogens is 1. The van der Waals surface area contributed by atoms with Gasteiger partial charge in [0.2, 0.25) is 0 Å². The summed E-state index contributed by atoms with van der Waals surface area (Å²) in [5.41, 5.74) is 2.86. The van der Waals surface area contributed by atoms with Crippen LogP contribution < -0.4 is 5.48 Å². The predicted octanol–water partition coefficient (Wildman–Crippen LogP) is 1.46. The molecule has 0 aliphatic heterocycles. The molecule has 12 heavy (non-hydrogen) atoms. The van der Waals surface area contributed by atoms with E-state index in [1.165, 1.54) is 0 Å². The first-order valence-electron chi connectivity index (χ1n) is 3.54. The zero-order chi connectivity index (χ0) is 8.97. The Labute approximate surface area is 79.1 Å². The topological polar surface area (TPSA) is 52.5 Å². The van der Waals surface area contributed by atoms with Crippen molar-refractivity contribution in [3.63, 3.8) is 0 Å². The summed E-state index contributed by atoms with van der Waals surface area (Å²) >= 11 is 3.32. The van der Waals surface area contributed by atoms with Crippen LogP contribution in [0, 0.1) is 0 Å². The minimum Gasteiger partial charge on any atom is -0.394 e. The second-order valence-corrected chi connectivity index (χ2v) is 3.24. The third-order valence-corrected chi connectivity index (χ3v) is 2.34. The monoisotopic (exact) mass is 231 g/mol. The standard InChI is InChI=1S/C8H10BrNO2/c9-7-4-2-1-3-6(7)8(5-11)10-12/h1-4,8,10-12H,5H2. The first-order chi connectivity index (χ1) is 5.79. The maximum Gasteiger partial charge on any atom is 0.0810 e. The van der Waals surface area contributed by atoms with E-state index in [2.05, 4.69) is 15.9 Å². The summed E-state index contributed by atoms with van der Waals surface area (Å²) in [5.74, 6) is 0. The Bertz CT molecular complexity index is 251. The van der Waals surface area contributed by atoms with E-state index in [1.54, 1.807) is 0 Å². The fraction of sp³-hybridized carbons (Fsp3) is 0.250. The number of aliphatic hydroxyl groups excluding tert-OH is 1. The Balaban J connectivity index is 2.92. The maximum atomic E-state index is 8.86. The molecule has 1 rings (SSSR count). The van der Waals surface area contributed by atoms with Crippen molar-refractivity contribution < 1.29 is 10.3 Å². The van der Waals surface area contributed by atoms with Crippen LogP contribution >= 0.6 is 15.9 Å². The number of hydrogen-bond acceptors (Lipinski definition) is 3. The fourth-order valence-electron chi connectivity index (χ4n) is 0.966. The molecular formula is C8H10BrNO2. The van der Waals surface area contributed by atoms with Crippen molar-refractivity contribution in [2.45, 2.75) is 6.04 Å². The van der Waals surface area contributed by atoms with Gasteiger partial charge in [-0.3, -0.25) is 0 Å². The second-order valence-electron chi connectivity index (χ2n) is 2.39. The minimum atomic E-state index is -0.430. The first-order valence-corrected chi connectivity index (χ1v) is 4.33. The molecule has 0 aromatic heterocycles. The summed E-state index contributed by atoms with van der Waals surface area (Å²) in [6, 6.07) is 6.98. The van der Waals surface area contributed by atoms with E-state index in [0.717, 1.165) is 10.0 Å². The van der Waals surface area contributed by atoms with Crippen molar-refractivity contribution in [2.24, 2.45) is 0 Å². The van der Waals surface area contributed by atoms with E-state index in [-0.39, 0.29) is 6.61 Å².